The molecule has 2 aromatic rings. The van der Waals surface area contributed by atoms with Gasteiger partial charge in [-0.15, -0.1) is 0 Å². The number of nitrogens with one attached hydrogen (secondary N) is 1. The highest BCUT2D eigenvalue weighted by Gasteiger charge is 2.26. The van der Waals surface area contributed by atoms with Crippen LogP contribution in [0.2, 0.25) is 0 Å². The Bertz CT molecular complexity index is 992. The van der Waals surface area contributed by atoms with Crippen LogP contribution < -0.4 is 5.32 Å². The van der Waals surface area contributed by atoms with Crippen LogP contribution in [0.15, 0.2) is 42.5 Å². The van der Waals surface area contributed by atoms with Gasteiger partial charge in [-0.2, -0.15) is 0 Å². The second-order valence-corrected chi connectivity index (χ2v) is 8.49. The highest BCUT2D eigenvalue weighted by Crippen LogP contribution is 2.15. The molecule has 0 radical (unpaired) electrons. The van der Waals surface area contributed by atoms with Crippen molar-refractivity contribution in [2.75, 3.05) is 26.2 Å². The highest BCUT2D eigenvalue weighted by molar-refractivity contribution is 5.98. The fourth-order valence-electron chi connectivity index (χ4n) is 3.28. The largest absolute Gasteiger partial charge is 0.347 e. The second-order valence-electron chi connectivity index (χ2n) is 8.49. The Morgan fingerprint density at radius 2 is 1.19 bits per heavy atom. The number of piperazine rings is 1. The lowest BCUT2D eigenvalue weighted by Crippen LogP contribution is -2.50. The van der Waals surface area contributed by atoms with Crippen molar-refractivity contribution >= 4 is 17.7 Å². The van der Waals surface area contributed by atoms with Crippen molar-refractivity contribution in [3.8, 4) is 0 Å². The number of carbonyl (C=O) groups is 3. The molecule has 0 bridgehead atoms. The van der Waals surface area contributed by atoms with Crippen molar-refractivity contribution in [1.82, 2.24) is 15.1 Å². The summed E-state index contributed by atoms with van der Waals surface area (Å²) in [6, 6.07) is 9.49. The van der Waals surface area contributed by atoms with Crippen LogP contribution in [0.25, 0.3) is 0 Å². The molecule has 1 aliphatic rings. The monoisotopic (exact) mass is 429 g/mol. The average Bonchev–Trinajstić information content (AvgIpc) is 2.73. The lowest BCUT2D eigenvalue weighted by Gasteiger charge is -2.35. The third kappa shape index (κ3) is 5.45. The molecule has 0 spiro atoms. The molecule has 0 atom stereocenters. The summed E-state index contributed by atoms with van der Waals surface area (Å²) in [4.78, 5) is 40.6. The molecule has 1 N–H and O–H groups in total. The lowest BCUT2D eigenvalue weighted by molar-refractivity contribution is 0.0535. The van der Waals surface area contributed by atoms with Gasteiger partial charge in [-0.05, 0) is 63.2 Å². The predicted molar refractivity (Wildman–Crippen MR) is 112 cm³/mol. The van der Waals surface area contributed by atoms with Crippen molar-refractivity contribution in [1.29, 1.82) is 0 Å². The molecule has 0 aromatic heterocycles. The van der Waals surface area contributed by atoms with E-state index in [0.29, 0.717) is 24.2 Å². The van der Waals surface area contributed by atoms with E-state index in [1.54, 1.807) is 29.2 Å². The van der Waals surface area contributed by atoms with E-state index in [1.807, 2.05) is 20.8 Å². The van der Waals surface area contributed by atoms with Gasteiger partial charge in [0, 0.05) is 48.4 Å². The first kappa shape index (κ1) is 22.4. The smallest absolute Gasteiger partial charge is 0.254 e. The molecule has 2 aromatic carbocycles. The van der Waals surface area contributed by atoms with E-state index in [4.69, 9.17) is 0 Å². The lowest BCUT2D eigenvalue weighted by atomic mass is 10.1. The molecule has 8 heteroatoms. The van der Waals surface area contributed by atoms with Gasteiger partial charge < -0.3 is 15.1 Å². The minimum absolute atomic E-state index is 0.0720. The van der Waals surface area contributed by atoms with E-state index in [2.05, 4.69) is 5.32 Å². The van der Waals surface area contributed by atoms with E-state index in [9.17, 15) is 23.2 Å². The molecule has 6 nitrogen and oxygen atoms in total. The molecular formula is C23H25F2N3O3. The van der Waals surface area contributed by atoms with E-state index in [0.717, 1.165) is 12.1 Å². The first-order valence-electron chi connectivity index (χ1n) is 10.0. The van der Waals surface area contributed by atoms with Crippen molar-refractivity contribution < 1.29 is 23.2 Å². The normalized spacial score (nSPS) is 14.4. The summed E-state index contributed by atoms with van der Waals surface area (Å²) in [5.41, 5.74) is 0.631. The van der Waals surface area contributed by atoms with Crippen molar-refractivity contribution in [2.45, 2.75) is 26.3 Å². The van der Waals surface area contributed by atoms with Crippen LogP contribution in [0, 0.1) is 11.6 Å². The van der Waals surface area contributed by atoms with Crippen LogP contribution in [-0.4, -0.2) is 59.2 Å². The van der Waals surface area contributed by atoms with Gasteiger partial charge in [0.25, 0.3) is 17.7 Å². The van der Waals surface area contributed by atoms with Gasteiger partial charge in [0.1, 0.15) is 0 Å². The maximum absolute atomic E-state index is 13.4. The standard InChI is InChI=1S/C23H25F2N3O3/c1-23(2,3)26-20(29)15-4-6-16(7-5-15)21(30)27-10-12-28(13-11-27)22(31)17-8-9-18(24)19(25)14-17/h4-9,14H,10-13H2,1-3H3,(H,26,29). The summed E-state index contributed by atoms with van der Waals surface area (Å²) in [6.45, 7) is 6.88. The Morgan fingerprint density at radius 3 is 1.68 bits per heavy atom. The Hall–Kier alpha value is -3.29. The minimum atomic E-state index is -1.07. The van der Waals surface area contributed by atoms with Gasteiger partial charge in [0.05, 0.1) is 0 Å². The maximum atomic E-state index is 13.4. The van der Waals surface area contributed by atoms with Crippen LogP contribution in [0.4, 0.5) is 8.78 Å². The third-order valence-corrected chi connectivity index (χ3v) is 4.90. The third-order valence-electron chi connectivity index (χ3n) is 4.90. The SMILES string of the molecule is CC(C)(C)NC(=O)c1ccc(C(=O)N2CCN(C(=O)c3ccc(F)c(F)c3)CC2)cc1. The van der Waals surface area contributed by atoms with Crippen molar-refractivity contribution in [2.24, 2.45) is 0 Å². The first-order chi connectivity index (χ1) is 14.5. The summed E-state index contributed by atoms with van der Waals surface area (Å²) in [5, 5.41) is 2.87. The maximum Gasteiger partial charge on any atom is 0.254 e. The number of nitrogens with zero attached hydrogens (tertiary/aromatic N) is 2. The molecule has 164 valence electrons. The first-order valence-corrected chi connectivity index (χ1v) is 10.0. The summed E-state index contributed by atoms with van der Waals surface area (Å²) in [5.74, 6) is -2.88. The molecule has 1 heterocycles. The Labute approximate surface area is 179 Å². The van der Waals surface area contributed by atoms with Crippen LogP contribution in [-0.2, 0) is 0 Å². The molecule has 31 heavy (non-hydrogen) atoms. The molecule has 1 saturated heterocycles. The zero-order chi connectivity index (χ0) is 22.8. The van der Waals surface area contributed by atoms with E-state index in [-0.39, 0.29) is 36.0 Å². The van der Waals surface area contributed by atoms with Crippen molar-refractivity contribution in [3.63, 3.8) is 0 Å². The molecule has 0 aliphatic carbocycles. The van der Waals surface area contributed by atoms with E-state index in [1.165, 1.54) is 11.0 Å². The number of hydrogen-bond acceptors (Lipinski definition) is 3. The summed E-state index contributed by atoms with van der Waals surface area (Å²) in [6.07, 6.45) is 0. The van der Waals surface area contributed by atoms with Gasteiger partial charge in [0.2, 0.25) is 0 Å². The summed E-state index contributed by atoms with van der Waals surface area (Å²) < 4.78 is 26.5. The van der Waals surface area contributed by atoms with Gasteiger partial charge in [-0.3, -0.25) is 14.4 Å². The van der Waals surface area contributed by atoms with E-state index < -0.39 is 17.5 Å². The molecule has 1 aliphatic heterocycles. The Morgan fingerprint density at radius 1 is 0.742 bits per heavy atom. The zero-order valence-corrected chi connectivity index (χ0v) is 17.7. The topological polar surface area (TPSA) is 69.7 Å². The quantitative estimate of drug-likeness (QED) is 0.815. The second kappa shape index (κ2) is 8.83. The summed E-state index contributed by atoms with van der Waals surface area (Å²) >= 11 is 0. The fourth-order valence-corrected chi connectivity index (χ4v) is 3.28. The summed E-state index contributed by atoms with van der Waals surface area (Å²) in [7, 11) is 0. The predicted octanol–water partition coefficient (Wildman–Crippen LogP) is 3.09. The van der Waals surface area contributed by atoms with Crippen LogP contribution in [0.5, 0.6) is 0 Å². The Balaban J connectivity index is 1.59. The van der Waals surface area contributed by atoms with Crippen LogP contribution >= 0.6 is 0 Å². The number of amides is 3. The van der Waals surface area contributed by atoms with Gasteiger partial charge in [-0.25, -0.2) is 8.78 Å². The van der Waals surface area contributed by atoms with Gasteiger partial charge >= 0.3 is 0 Å². The van der Waals surface area contributed by atoms with Crippen LogP contribution in [0.1, 0.15) is 51.8 Å². The highest BCUT2D eigenvalue weighted by atomic mass is 19.2. The molecule has 1 fully saturated rings. The number of halogens is 2. The average molecular weight is 429 g/mol. The molecule has 3 rings (SSSR count). The van der Waals surface area contributed by atoms with E-state index >= 15 is 0 Å². The van der Waals surface area contributed by atoms with Crippen LogP contribution in [0.3, 0.4) is 0 Å². The number of rotatable bonds is 3. The number of hydrogen-bond donors (Lipinski definition) is 1. The molecular weight excluding hydrogens is 404 g/mol. The van der Waals surface area contributed by atoms with Gasteiger partial charge in [0.15, 0.2) is 11.6 Å². The van der Waals surface area contributed by atoms with Gasteiger partial charge in [-0.1, -0.05) is 0 Å². The molecule has 0 saturated carbocycles. The molecule has 0 unspecified atom stereocenters. The Kier molecular flexibility index (Phi) is 6.38. The molecule has 3 amide bonds. The zero-order valence-electron chi connectivity index (χ0n) is 17.7. The minimum Gasteiger partial charge on any atom is -0.347 e. The van der Waals surface area contributed by atoms with Crippen molar-refractivity contribution in [3.05, 3.63) is 70.8 Å². The fraction of sp³-hybridized carbons (Fsp3) is 0.348. The number of carbonyl (C=O) groups excluding carboxylic acids is 3. The number of benzene rings is 2.